The summed E-state index contributed by atoms with van der Waals surface area (Å²) in [5.41, 5.74) is 0.682. The van der Waals surface area contributed by atoms with Gasteiger partial charge in [-0.3, -0.25) is 10.1 Å². The number of likely N-dealkylation sites (tertiary alicyclic amines) is 1. The molecule has 2 aromatic carbocycles. The molecular formula is C24H25ClFN5O4. The standard InChI is InChI=1S/C24H25ClFN5O4/c1-30-6-4-24(5-7-30)11-15(13-35-24)12-34-22-10-20-17(9-21(22)31(32)33)23(28-14-27-20)29-16-2-3-19(26)18(25)8-16/h2-3,8-10,14-15H,4-7,11-13H2,1H3,(H,27,28,29). The van der Waals surface area contributed by atoms with Crippen LogP contribution in [0.1, 0.15) is 19.3 Å². The molecule has 184 valence electrons. The number of benzene rings is 2. The molecule has 1 atom stereocenters. The summed E-state index contributed by atoms with van der Waals surface area (Å²) in [5.74, 6) is 0.109. The summed E-state index contributed by atoms with van der Waals surface area (Å²) < 4.78 is 25.6. The quantitative estimate of drug-likeness (QED) is 0.373. The van der Waals surface area contributed by atoms with Crippen LogP contribution in [0.2, 0.25) is 5.02 Å². The van der Waals surface area contributed by atoms with Gasteiger partial charge in [0.2, 0.25) is 0 Å². The van der Waals surface area contributed by atoms with E-state index in [4.69, 9.17) is 21.1 Å². The Morgan fingerprint density at radius 1 is 1.31 bits per heavy atom. The van der Waals surface area contributed by atoms with E-state index in [9.17, 15) is 14.5 Å². The molecule has 9 nitrogen and oxygen atoms in total. The number of nitro benzene ring substituents is 1. The summed E-state index contributed by atoms with van der Waals surface area (Å²) in [4.78, 5) is 22.1. The Morgan fingerprint density at radius 2 is 2.11 bits per heavy atom. The van der Waals surface area contributed by atoms with E-state index in [1.807, 2.05) is 0 Å². The van der Waals surface area contributed by atoms with E-state index in [-0.39, 0.29) is 28.0 Å². The number of rotatable bonds is 6. The fourth-order valence-electron chi connectivity index (χ4n) is 4.77. The molecule has 0 amide bonds. The van der Waals surface area contributed by atoms with Crippen LogP contribution in [0.15, 0.2) is 36.7 Å². The summed E-state index contributed by atoms with van der Waals surface area (Å²) in [6, 6.07) is 7.09. The second-order valence-electron chi connectivity index (χ2n) is 9.25. The highest BCUT2D eigenvalue weighted by Gasteiger charge is 2.42. The highest BCUT2D eigenvalue weighted by Crippen LogP contribution is 2.40. The lowest BCUT2D eigenvalue weighted by atomic mass is 9.86. The van der Waals surface area contributed by atoms with E-state index in [0.717, 1.165) is 32.4 Å². The van der Waals surface area contributed by atoms with Crippen LogP contribution in [0.25, 0.3) is 10.9 Å². The molecule has 1 spiro atoms. The van der Waals surface area contributed by atoms with Crippen molar-refractivity contribution in [1.29, 1.82) is 0 Å². The lowest BCUT2D eigenvalue weighted by molar-refractivity contribution is -0.385. The fourth-order valence-corrected chi connectivity index (χ4v) is 4.95. The van der Waals surface area contributed by atoms with Crippen molar-refractivity contribution in [2.45, 2.75) is 24.9 Å². The third-order valence-electron chi connectivity index (χ3n) is 6.75. The Hall–Kier alpha value is -3.08. The predicted octanol–water partition coefficient (Wildman–Crippen LogP) is 4.95. The molecule has 0 saturated carbocycles. The molecule has 11 heteroatoms. The Balaban J connectivity index is 1.36. The third-order valence-corrected chi connectivity index (χ3v) is 7.04. The minimum absolute atomic E-state index is 0.0482. The van der Waals surface area contributed by atoms with Gasteiger partial charge in [0.1, 0.15) is 18.0 Å². The molecule has 3 heterocycles. The number of nitrogens with one attached hydrogen (secondary N) is 1. The molecule has 2 fully saturated rings. The maximum absolute atomic E-state index is 13.5. The maximum atomic E-state index is 13.5. The summed E-state index contributed by atoms with van der Waals surface area (Å²) in [6.45, 7) is 2.92. The number of nitro groups is 1. The van der Waals surface area contributed by atoms with Crippen LogP contribution >= 0.6 is 11.6 Å². The van der Waals surface area contributed by atoms with Crippen molar-refractivity contribution in [2.75, 3.05) is 38.7 Å². The lowest BCUT2D eigenvalue weighted by Crippen LogP contribution is -2.42. The average Bonchev–Trinajstić information content (AvgIpc) is 3.24. The molecule has 0 aliphatic carbocycles. The molecule has 3 aromatic rings. The van der Waals surface area contributed by atoms with Gasteiger partial charge in [0.05, 0.1) is 39.7 Å². The number of nitrogens with zero attached hydrogens (tertiary/aromatic N) is 4. The molecular weight excluding hydrogens is 477 g/mol. The van der Waals surface area contributed by atoms with Crippen LogP contribution in [0, 0.1) is 21.8 Å². The molecule has 1 N–H and O–H groups in total. The Kier molecular flexibility index (Phi) is 6.43. The normalized spacial score (nSPS) is 19.8. The van der Waals surface area contributed by atoms with Gasteiger partial charge >= 0.3 is 5.69 Å². The van der Waals surface area contributed by atoms with E-state index in [1.54, 1.807) is 6.07 Å². The number of fused-ring (bicyclic) bond motifs is 1. The zero-order chi connectivity index (χ0) is 24.6. The number of ether oxygens (including phenoxy) is 2. The van der Waals surface area contributed by atoms with Gasteiger partial charge in [-0.15, -0.1) is 0 Å². The number of hydrogen-bond donors (Lipinski definition) is 1. The van der Waals surface area contributed by atoms with Crippen molar-refractivity contribution in [2.24, 2.45) is 5.92 Å². The van der Waals surface area contributed by atoms with Crippen molar-refractivity contribution in [1.82, 2.24) is 14.9 Å². The molecule has 1 unspecified atom stereocenters. The zero-order valence-electron chi connectivity index (χ0n) is 19.2. The van der Waals surface area contributed by atoms with Gasteiger partial charge in [0.15, 0.2) is 5.75 Å². The maximum Gasteiger partial charge on any atom is 0.311 e. The first-order valence-electron chi connectivity index (χ1n) is 11.4. The lowest BCUT2D eigenvalue weighted by Gasteiger charge is -2.37. The van der Waals surface area contributed by atoms with Gasteiger partial charge in [-0.25, -0.2) is 14.4 Å². The number of aromatic nitrogens is 2. The van der Waals surface area contributed by atoms with Gasteiger partial charge in [0.25, 0.3) is 0 Å². The number of anilines is 2. The van der Waals surface area contributed by atoms with Crippen molar-refractivity contribution in [3.63, 3.8) is 0 Å². The second kappa shape index (κ2) is 9.52. The molecule has 35 heavy (non-hydrogen) atoms. The van der Waals surface area contributed by atoms with Gasteiger partial charge in [-0.2, -0.15) is 0 Å². The van der Waals surface area contributed by atoms with E-state index >= 15 is 0 Å². The smallest absolute Gasteiger partial charge is 0.311 e. The van der Waals surface area contributed by atoms with Crippen molar-refractivity contribution < 1.29 is 18.8 Å². The topological polar surface area (TPSA) is 103 Å². The number of halogens is 2. The minimum Gasteiger partial charge on any atom is -0.486 e. The van der Waals surface area contributed by atoms with Gasteiger partial charge in [0, 0.05) is 36.8 Å². The second-order valence-corrected chi connectivity index (χ2v) is 9.66. The van der Waals surface area contributed by atoms with Crippen molar-refractivity contribution in [3.8, 4) is 5.75 Å². The van der Waals surface area contributed by atoms with Crippen LogP contribution < -0.4 is 10.1 Å². The largest absolute Gasteiger partial charge is 0.486 e. The Morgan fingerprint density at radius 3 is 2.86 bits per heavy atom. The van der Waals surface area contributed by atoms with E-state index in [2.05, 4.69) is 27.2 Å². The van der Waals surface area contributed by atoms with Crippen molar-refractivity contribution >= 4 is 39.7 Å². The summed E-state index contributed by atoms with van der Waals surface area (Å²) in [5, 5.41) is 15.3. The van der Waals surface area contributed by atoms with Crippen LogP contribution in [0.4, 0.5) is 21.6 Å². The highest BCUT2D eigenvalue weighted by atomic mass is 35.5. The molecule has 2 aliphatic heterocycles. The third kappa shape index (κ3) is 5.00. The van der Waals surface area contributed by atoms with Gasteiger partial charge < -0.3 is 19.7 Å². The minimum atomic E-state index is -0.545. The Bertz CT molecular complexity index is 1270. The molecule has 0 bridgehead atoms. The summed E-state index contributed by atoms with van der Waals surface area (Å²) in [6.07, 6.45) is 4.21. The molecule has 1 aromatic heterocycles. The number of piperidine rings is 1. The number of hydrogen-bond acceptors (Lipinski definition) is 8. The summed E-state index contributed by atoms with van der Waals surface area (Å²) in [7, 11) is 2.11. The first-order chi connectivity index (χ1) is 16.8. The zero-order valence-corrected chi connectivity index (χ0v) is 19.9. The average molecular weight is 502 g/mol. The molecule has 0 radical (unpaired) electrons. The SMILES string of the molecule is CN1CCC2(CC1)CC(COc1cc3ncnc(Nc4ccc(F)c(Cl)c4)c3cc1[N+](=O)[O-])CO2. The van der Waals surface area contributed by atoms with Crippen molar-refractivity contribution in [3.05, 3.63) is 57.6 Å². The first-order valence-corrected chi connectivity index (χ1v) is 11.8. The predicted molar refractivity (Wildman–Crippen MR) is 130 cm³/mol. The van der Waals surface area contributed by atoms with E-state index in [0.29, 0.717) is 35.6 Å². The highest BCUT2D eigenvalue weighted by molar-refractivity contribution is 6.31. The van der Waals surface area contributed by atoms with Crippen LogP contribution in [0.5, 0.6) is 5.75 Å². The van der Waals surface area contributed by atoms with Crippen LogP contribution in [0.3, 0.4) is 0 Å². The molecule has 5 rings (SSSR count). The van der Waals surface area contributed by atoms with Gasteiger partial charge in [-0.05, 0) is 44.5 Å². The van der Waals surface area contributed by atoms with Crippen LogP contribution in [-0.2, 0) is 4.74 Å². The van der Waals surface area contributed by atoms with Crippen LogP contribution in [-0.4, -0.2) is 58.7 Å². The Labute approximate surface area is 206 Å². The van der Waals surface area contributed by atoms with E-state index < -0.39 is 10.7 Å². The monoisotopic (exact) mass is 501 g/mol. The van der Waals surface area contributed by atoms with Gasteiger partial charge in [-0.1, -0.05) is 11.6 Å². The summed E-state index contributed by atoms with van der Waals surface area (Å²) >= 11 is 5.86. The first kappa shape index (κ1) is 23.7. The molecule has 2 aliphatic rings. The molecule has 2 saturated heterocycles. The van der Waals surface area contributed by atoms with E-state index in [1.165, 1.54) is 30.6 Å². The fraction of sp³-hybridized carbons (Fsp3) is 0.417.